The van der Waals surface area contributed by atoms with Crippen LogP contribution in [0.2, 0.25) is 0 Å². The highest BCUT2D eigenvalue weighted by atomic mass is 15.1. The van der Waals surface area contributed by atoms with Crippen molar-refractivity contribution in [1.29, 1.82) is 0 Å². The first kappa shape index (κ1) is 13.7. The number of nitrogens with zero attached hydrogens (tertiary/aromatic N) is 2. The second kappa shape index (κ2) is 6.45. The molecular weight excluding hydrogens is 234 g/mol. The molecule has 100 valence electrons. The van der Waals surface area contributed by atoms with Crippen LogP contribution in [0.25, 0.3) is 0 Å². The highest BCUT2D eigenvalue weighted by Crippen LogP contribution is 2.22. The minimum Gasteiger partial charge on any atom is -0.329 e. The van der Waals surface area contributed by atoms with E-state index in [1.54, 1.807) is 0 Å². The molecular formula is C16H21N3. The van der Waals surface area contributed by atoms with Crippen LogP contribution in [-0.2, 0) is 6.54 Å². The van der Waals surface area contributed by atoms with Gasteiger partial charge in [0.1, 0.15) is 0 Å². The van der Waals surface area contributed by atoms with Crippen molar-refractivity contribution in [2.75, 3.05) is 13.6 Å². The molecule has 3 heteroatoms. The second-order valence-electron chi connectivity index (χ2n) is 4.84. The van der Waals surface area contributed by atoms with Gasteiger partial charge in [-0.05, 0) is 37.2 Å². The molecule has 0 spiro atoms. The zero-order valence-electron chi connectivity index (χ0n) is 11.6. The average Bonchev–Trinajstić information content (AvgIpc) is 2.43. The molecule has 0 amide bonds. The van der Waals surface area contributed by atoms with E-state index >= 15 is 0 Å². The van der Waals surface area contributed by atoms with Gasteiger partial charge in [-0.1, -0.05) is 30.3 Å². The van der Waals surface area contributed by atoms with Gasteiger partial charge < -0.3 is 5.73 Å². The van der Waals surface area contributed by atoms with Crippen LogP contribution in [0.3, 0.4) is 0 Å². The number of benzene rings is 1. The Morgan fingerprint density at radius 1 is 1.16 bits per heavy atom. The van der Waals surface area contributed by atoms with E-state index in [0.717, 1.165) is 12.2 Å². The SMILES string of the molecule is Cc1ccccc1C(CN)N(C)Cc1ccccn1. The van der Waals surface area contributed by atoms with Crippen LogP contribution in [0.5, 0.6) is 0 Å². The third kappa shape index (κ3) is 3.40. The molecule has 0 bridgehead atoms. The summed E-state index contributed by atoms with van der Waals surface area (Å²) < 4.78 is 0. The van der Waals surface area contributed by atoms with Crippen LogP contribution in [0, 0.1) is 6.92 Å². The molecule has 19 heavy (non-hydrogen) atoms. The Morgan fingerprint density at radius 2 is 1.89 bits per heavy atom. The van der Waals surface area contributed by atoms with Gasteiger partial charge in [0.05, 0.1) is 5.69 Å². The number of rotatable bonds is 5. The van der Waals surface area contributed by atoms with Crippen molar-refractivity contribution in [3.63, 3.8) is 0 Å². The lowest BCUT2D eigenvalue weighted by Crippen LogP contribution is -2.31. The Hall–Kier alpha value is -1.71. The highest BCUT2D eigenvalue weighted by Gasteiger charge is 2.17. The molecule has 1 aromatic carbocycles. The molecule has 0 aliphatic rings. The van der Waals surface area contributed by atoms with Crippen molar-refractivity contribution in [3.8, 4) is 0 Å². The maximum Gasteiger partial charge on any atom is 0.0544 e. The average molecular weight is 255 g/mol. The van der Waals surface area contributed by atoms with Gasteiger partial charge in [0.15, 0.2) is 0 Å². The maximum atomic E-state index is 5.97. The molecule has 0 radical (unpaired) electrons. The monoisotopic (exact) mass is 255 g/mol. The second-order valence-corrected chi connectivity index (χ2v) is 4.84. The molecule has 1 unspecified atom stereocenters. The summed E-state index contributed by atoms with van der Waals surface area (Å²) in [6.45, 7) is 3.54. The summed E-state index contributed by atoms with van der Waals surface area (Å²) >= 11 is 0. The number of likely N-dealkylation sites (N-methyl/N-ethyl adjacent to an activating group) is 1. The summed E-state index contributed by atoms with van der Waals surface area (Å²) in [5.41, 5.74) is 9.61. The number of nitrogens with two attached hydrogens (primary N) is 1. The summed E-state index contributed by atoms with van der Waals surface area (Å²) in [5.74, 6) is 0. The highest BCUT2D eigenvalue weighted by molar-refractivity contribution is 5.29. The van der Waals surface area contributed by atoms with Gasteiger partial charge in [0, 0.05) is 25.3 Å². The Morgan fingerprint density at radius 3 is 2.53 bits per heavy atom. The summed E-state index contributed by atoms with van der Waals surface area (Å²) in [6.07, 6.45) is 1.83. The molecule has 3 nitrogen and oxygen atoms in total. The summed E-state index contributed by atoms with van der Waals surface area (Å²) in [7, 11) is 2.10. The van der Waals surface area contributed by atoms with E-state index in [1.807, 2.05) is 24.4 Å². The van der Waals surface area contributed by atoms with E-state index in [0.29, 0.717) is 6.54 Å². The minimum absolute atomic E-state index is 0.225. The quantitative estimate of drug-likeness (QED) is 0.892. The topological polar surface area (TPSA) is 42.1 Å². The first-order valence-corrected chi connectivity index (χ1v) is 6.58. The normalized spacial score (nSPS) is 12.6. The fourth-order valence-electron chi connectivity index (χ4n) is 2.36. The number of hydrogen-bond donors (Lipinski definition) is 1. The molecule has 0 saturated carbocycles. The van der Waals surface area contributed by atoms with Crippen molar-refractivity contribution < 1.29 is 0 Å². The van der Waals surface area contributed by atoms with E-state index < -0.39 is 0 Å². The standard InChI is InChI=1S/C16H21N3/c1-13-7-3-4-9-15(13)16(11-17)19(2)12-14-8-5-6-10-18-14/h3-10,16H,11-12,17H2,1-2H3. The van der Waals surface area contributed by atoms with Gasteiger partial charge in [-0.25, -0.2) is 0 Å². The molecule has 0 aliphatic heterocycles. The molecule has 1 aromatic heterocycles. The van der Waals surface area contributed by atoms with Crippen LogP contribution < -0.4 is 5.73 Å². The summed E-state index contributed by atoms with van der Waals surface area (Å²) in [5, 5.41) is 0. The Balaban J connectivity index is 2.16. The number of hydrogen-bond acceptors (Lipinski definition) is 3. The van der Waals surface area contributed by atoms with Gasteiger partial charge in [-0.15, -0.1) is 0 Å². The van der Waals surface area contributed by atoms with Crippen molar-refractivity contribution in [3.05, 3.63) is 65.5 Å². The third-order valence-corrected chi connectivity index (χ3v) is 3.44. The van der Waals surface area contributed by atoms with Crippen LogP contribution in [-0.4, -0.2) is 23.5 Å². The lowest BCUT2D eigenvalue weighted by molar-refractivity contribution is 0.238. The molecule has 0 aliphatic carbocycles. The van der Waals surface area contributed by atoms with Gasteiger partial charge in [0.2, 0.25) is 0 Å². The molecule has 0 fully saturated rings. The predicted octanol–water partition coefficient (Wildman–Crippen LogP) is 2.52. The van der Waals surface area contributed by atoms with Crippen LogP contribution >= 0.6 is 0 Å². The Bertz CT molecular complexity index is 510. The van der Waals surface area contributed by atoms with Crippen molar-refractivity contribution in [1.82, 2.24) is 9.88 Å². The molecule has 1 atom stereocenters. The molecule has 0 saturated heterocycles. The van der Waals surface area contributed by atoms with Gasteiger partial charge >= 0.3 is 0 Å². The van der Waals surface area contributed by atoms with Crippen LogP contribution in [0.1, 0.15) is 22.9 Å². The first-order valence-electron chi connectivity index (χ1n) is 6.58. The van der Waals surface area contributed by atoms with E-state index in [-0.39, 0.29) is 6.04 Å². The fraction of sp³-hybridized carbons (Fsp3) is 0.312. The zero-order valence-corrected chi connectivity index (χ0v) is 11.6. The maximum absolute atomic E-state index is 5.97. The fourth-order valence-corrected chi connectivity index (χ4v) is 2.36. The lowest BCUT2D eigenvalue weighted by Gasteiger charge is -2.28. The minimum atomic E-state index is 0.225. The Labute approximate surface area is 115 Å². The van der Waals surface area contributed by atoms with Gasteiger partial charge in [-0.3, -0.25) is 9.88 Å². The number of aromatic nitrogens is 1. The lowest BCUT2D eigenvalue weighted by atomic mass is 10.00. The first-order chi connectivity index (χ1) is 9.22. The van der Waals surface area contributed by atoms with Gasteiger partial charge in [-0.2, -0.15) is 0 Å². The van der Waals surface area contributed by atoms with Gasteiger partial charge in [0.25, 0.3) is 0 Å². The van der Waals surface area contributed by atoms with Crippen LogP contribution in [0.15, 0.2) is 48.7 Å². The van der Waals surface area contributed by atoms with E-state index in [2.05, 4.69) is 48.1 Å². The third-order valence-electron chi connectivity index (χ3n) is 3.44. The van der Waals surface area contributed by atoms with Crippen molar-refractivity contribution >= 4 is 0 Å². The summed E-state index contributed by atoms with van der Waals surface area (Å²) in [4.78, 5) is 6.62. The van der Waals surface area contributed by atoms with E-state index in [4.69, 9.17) is 5.73 Å². The molecule has 2 rings (SSSR count). The molecule has 2 aromatic rings. The number of pyridine rings is 1. The van der Waals surface area contributed by atoms with E-state index in [9.17, 15) is 0 Å². The Kier molecular flexibility index (Phi) is 4.66. The van der Waals surface area contributed by atoms with E-state index in [1.165, 1.54) is 11.1 Å². The molecule has 2 N–H and O–H groups in total. The van der Waals surface area contributed by atoms with Crippen molar-refractivity contribution in [2.24, 2.45) is 5.73 Å². The zero-order chi connectivity index (χ0) is 13.7. The largest absolute Gasteiger partial charge is 0.329 e. The molecule has 1 heterocycles. The van der Waals surface area contributed by atoms with Crippen LogP contribution in [0.4, 0.5) is 0 Å². The summed E-state index contributed by atoms with van der Waals surface area (Å²) in [6, 6.07) is 14.6. The smallest absolute Gasteiger partial charge is 0.0544 e. The van der Waals surface area contributed by atoms with Crippen molar-refractivity contribution in [2.45, 2.75) is 19.5 Å². The number of aryl methyl sites for hydroxylation is 1. The predicted molar refractivity (Wildman–Crippen MR) is 78.7 cm³/mol.